The maximum Gasteiger partial charge on any atom is 0.194 e. The van der Waals surface area contributed by atoms with Crippen LogP contribution in [0.4, 0.5) is 0 Å². The Hall–Kier alpha value is -0.640. The lowest BCUT2D eigenvalue weighted by molar-refractivity contribution is 0.307. The molecule has 1 aliphatic rings. The number of aromatic amines is 1. The van der Waals surface area contributed by atoms with E-state index in [0.717, 1.165) is 17.2 Å². The third-order valence-electron chi connectivity index (χ3n) is 3.22. The van der Waals surface area contributed by atoms with Crippen LogP contribution < -0.4 is 0 Å². The Kier molecular flexibility index (Phi) is 2.02. The number of nitrogens with zero attached hydrogens (tertiary/aromatic N) is 2. The van der Waals surface area contributed by atoms with Gasteiger partial charge in [-0.25, -0.2) is 0 Å². The van der Waals surface area contributed by atoms with Crippen molar-refractivity contribution >= 4 is 12.2 Å². The fourth-order valence-corrected chi connectivity index (χ4v) is 1.97. The number of nitrogens with one attached hydrogen (secondary N) is 1. The molecule has 2 rings (SSSR count). The highest BCUT2D eigenvalue weighted by molar-refractivity contribution is 7.71. The third kappa shape index (κ3) is 1.55. The van der Waals surface area contributed by atoms with Crippen molar-refractivity contribution in [1.82, 2.24) is 14.8 Å². The zero-order valence-electron chi connectivity index (χ0n) is 8.08. The monoisotopic (exact) mass is 197 g/mol. The van der Waals surface area contributed by atoms with E-state index in [9.17, 15) is 0 Å². The van der Waals surface area contributed by atoms with Gasteiger partial charge in [-0.15, -0.1) is 0 Å². The molecule has 72 valence electrons. The van der Waals surface area contributed by atoms with Crippen LogP contribution in [-0.4, -0.2) is 14.8 Å². The van der Waals surface area contributed by atoms with Crippen molar-refractivity contribution in [3.8, 4) is 0 Å². The molecule has 1 fully saturated rings. The van der Waals surface area contributed by atoms with E-state index in [-0.39, 0.29) is 0 Å². The molecule has 1 heterocycles. The predicted molar refractivity (Wildman–Crippen MR) is 53.9 cm³/mol. The van der Waals surface area contributed by atoms with Crippen LogP contribution >= 0.6 is 12.2 Å². The summed E-state index contributed by atoms with van der Waals surface area (Å²) in [6.45, 7) is 5.60. The highest BCUT2D eigenvalue weighted by Gasteiger charge is 2.45. The van der Waals surface area contributed by atoms with Crippen LogP contribution in [0.25, 0.3) is 0 Å². The van der Waals surface area contributed by atoms with Gasteiger partial charge in [0.05, 0.1) is 0 Å². The fraction of sp³-hybridized carbons (Fsp3) is 0.778. The van der Waals surface area contributed by atoms with E-state index in [4.69, 9.17) is 12.2 Å². The van der Waals surface area contributed by atoms with Gasteiger partial charge in [-0.3, -0.25) is 5.10 Å². The van der Waals surface area contributed by atoms with Crippen molar-refractivity contribution in [3.63, 3.8) is 0 Å². The zero-order valence-corrected chi connectivity index (χ0v) is 8.90. The minimum Gasteiger partial charge on any atom is -0.306 e. The minimum absolute atomic E-state index is 0.502. The molecule has 0 radical (unpaired) electrons. The van der Waals surface area contributed by atoms with E-state index >= 15 is 0 Å². The second kappa shape index (κ2) is 2.94. The molecule has 0 spiro atoms. The van der Waals surface area contributed by atoms with Crippen molar-refractivity contribution in [3.05, 3.63) is 11.1 Å². The van der Waals surface area contributed by atoms with E-state index in [1.165, 1.54) is 12.8 Å². The molecule has 0 bridgehead atoms. The number of H-pyrrole nitrogens is 1. The summed E-state index contributed by atoms with van der Waals surface area (Å²) in [5.74, 6) is 0.740. The molecule has 0 saturated heterocycles. The number of rotatable bonds is 3. The van der Waals surface area contributed by atoms with Crippen molar-refractivity contribution in [2.24, 2.45) is 11.3 Å². The lowest BCUT2D eigenvalue weighted by atomic mass is 9.92. The average Bonchev–Trinajstić information content (AvgIpc) is 2.74. The Morgan fingerprint density at radius 3 is 2.77 bits per heavy atom. The first kappa shape index (κ1) is 8.94. The molecule has 3 nitrogen and oxygen atoms in total. The summed E-state index contributed by atoms with van der Waals surface area (Å²) in [4.78, 5) is 0. The summed E-state index contributed by atoms with van der Waals surface area (Å²) in [6, 6.07) is 0. The van der Waals surface area contributed by atoms with Crippen LogP contribution in [0, 0.1) is 16.1 Å². The molecule has 0 atom stereocenters. The Balaban J connectivity index is 2.15. The first-order valence-corrected chi connectivity index (χ1v) is 5.15. The van der Waals surface area contributed by atoms with Crippen molar-refractivity contribution in [2.75, 3.05) is 0 Å². The third-order valence-corrected chi connectivity index (χ3v) is 3.55. The van der Waals surface area contributed by atoms with E-state index in [1.807, 2.05) is 4.57 Å². The molecule has 13 heavy (non-hydrogen) atoms. The molecular formula is C9H15N3S. The lowest BCUT2D eigenvalue weighted by Gasteiger charge is -2.19. The van der Waals surface area contributed by atoms with Gasteiger partial charge in [0.1, 0.15) is 6.33 Å². The molecule has 1 N–H and O–H groups in total. The first-order chi connectivity index (χ1) is 6.14. The molecule has 0 amide bonds. The van der Waals surface area contributed by atoms with Gasteiger partial charge >= 0.3 is 0 Å². The van der Waals surface area contributed by atoms with E-state index in [2.05, 4.69) is 24.0 Å². The fourth-order valence-electron chi connectivity index (χ4n) is 1.80. The van der Waals surface area contributed by atoms with Crippen LogP contribution in [0.2, 0.25) is 0 Å². The maximum atomic E-state index is 5.11. The largest absolute Gasteiger partial charge is 0.306 e. The Morgan fingerprint density at radius 1 is 1.69 bits per heavy atom. The molecule has 1 aliphatic carbocycles. The van der Waals surface area contributed by atoms with Gasteiger partial charge in [0.25, 0.3) is 0 Å². The smallest absolute Gasteiger partial charge is 0.194 e. The average molecular weight is 197 g/mol. The van der Waals surface area contributed by atoms with Gasteiger partial charge in [0.2, 0.25) is 0 Å². The highest BCUT2D eigenvalue weighted by Crippen LogP contribution is 2.53. The summed E-state index contributed by atoms with van der Waals surface area (Å²) in [6.07, 6.45) is 4.46. The van der Waals surface area contributed by atoms with Gasteiger partial charge in [0, 0.05) is 6.54 Å². The molecule has 1 aromatic heterocycles. The summed E-state index contributed by atoms with van der Waals surface area (Å²) in [5.41, 5.74) is 0.502. The van der Waals surface area contributed by atoms with E-state index in [1.54, 1.807) is 6.33 Å². The van der Waals surface area contributed by atoms with Gasteiger partial charge in [-0.05, 0) is 36.4 Å². The maximum absolute atomic E-state index is 5.11. The SMILES string of the molecule is CC(C)C1(Cn2cn[nH]c2=S)CC1. The summed E-state index contributed by atoms with van der Waals surface area (Å²) >= 11 is 5.11. The Bertz CT molecular complexity index is 346. The molecule has 4 heteroatoms. The minimum atomic E-state index is 0.502. The normalized spacial score (nSPS) is 19.3. The molecule has 1 saturated carbocycles. The summed E-state index contributed by atoms with van der Waals surface area (Å²) < 4.78 is 2.79. The highest BCUT2D eigenvalue weighted by atomic mass is 32.1. The molecule has 0 unspecified atom stereocenters. The summed E-state index contributed by atoms with van der Waals surface area (Å²) in [7, 11) is 0. The lowest BCUT2D eigenvalue weighted by Crippen LogP contribution is -2.17. The van der Waals surface area contributed by atoms with Crippen molar-refractivity contribution < 1.29 is 0 Å². The van der Waals surface area contributed by atoms with Gasteiger partial charge in [-0.1, -0.05) is 13.8 Å². The number of hydrogen-bond donors (Lipinski definition) is 1. The first-order valence-electron chi connectivity index (χ1n) is 4.74. The zero-order chi connectivity index (χ0) is 9.47. The number of aromatic nitrogens is 3. The van der Waals surface area contributed by atoms with Gasteiger partial charge < -0.3 is 4.57 Å². The Labute approximate surface area is 83.2 Å². The van der Waals surface area contributed by atoms with Crippen molar-refractivity contribution in [1.29, 1.82) is 0 Å². The molecule has 1 aromatic rings. The van der Waals surface area contributed by atoms with Crippen LogP contribution in [0.15, 0.2) is 6.33 Å². The topological polar surface area (TPSA) is 33.6 Å². The number of hydrogen-bond acceptors (Lipinski definition) is 2. The predicted octanol–water partition coefficient (Wildman–Crippen LogP) is 2.38. The second-order valence-electron chi connectivity index (χ2n) is 4.31. The standard InChI is InChI=1S/C9H15N3S/c1-7(2)9(3-4-9)5-12-6-10-11-8(12)13/h6-7H,3-5H2,1-2H3,(H,11,13). The van der Waals surface area contributed by atoms with Crippen LogP contribution in [0.3, 0.4) is 0 Å². The van der Waals surface area contributed by atoms with Crippen molar-refractivity contribution in [2.45, 2.75) is 33.2 Å². The van der Waals surface area contributed by atoms with Gasteiger partial charge in [0.15, 0.2) is 4.77 Å². The quantitative estimate of drug-likeness (QED) is 0.755. The van der Waals surface area contributed by atoms with E-state index in [0.29, 0.717) is 5.41 Å². The second-order valence-corrected chi connectivity index (χ2v) is 4.69. The molecule has 0 aliphatic heterocycles. The molecular weight excluding hydrogens is 182 g/mol. The van der Waals surface area contributed by atoms with Crippen LogP contribution in [0.1, 0.15) is 26.7 Å². The molecule has 0 aromatic carbocycles. The van der Waals surface area contributed by atoms with E-state index < -0.39 is 0 Å². The Morgan fingerprint density at radius 2 is 2.38 bits per heavy atom. The van der Waals surface area contributed by atoms with Crippen LogP contribution in [-0.2, 0) is 6.54 Å². The van der Waals surface area contributed by atoms with Gasteiger partial charge in [-0.2, -0.15) is 5.10 Å². The summed E-state index contributed by atoms with van der Waals surface area (Å²) in [5, 5.41) is 6.71. The van der Waals surface area contributed by atoms with Crippen LogP contribution in [0.5, 0.6) is 0 Å².